The zero-order valence-corrected chi connectivity index (χ0v) is 12.1. The van der Waals surface area contributed by atoms with Gasteiger partial charge in [0.25, 0.3) is 0 Å². The van der Waals surface area contributed by atoms with Gasteiger partial charge in [0.1, 0.15) is 17.5 Å². The smallest absolute Gasteiger partial charge is 0.227 e. The minimum Gasteiger partial charge on any atom is -0.348 e. The van der Waals surface area contributed by atoms with Crippen molar-refractivity contribution in [3.8, 4) is 0 Å². The fourth-order valence-electron chi connectivity index (χ4n) is 2.93. The summed E-state index contributed by atoms with van der Waals surface area (Å²) >= 11 is 0. The molecule has 4 nitrogen and oxygen atoms in total. The molecular formula is C16H17F2N3O. The molecule has 6 heteroatoms. The molecule has 1 aliphatic heterocycles. The Morgan fingerprint density at radius 1 is 1.32 bits per heavy atom. The molecule has 0 aliphatic carbocycles. The van der Waals surface area contributed by atoms with Crippen molar-refractivity contribution >= 4 is 5.91 Å². The Kier molecular flexibility index (Phi) is 4.18. The lowest BCUT2D eigenvalue weighted by Gasteiger charge is -2.32. The molecule has 1 amide bonds. The van der Waals surface area contributed by atoms with Crippen LogP contribution in [0.3, 0.4) is 0 Å². The number of aromatic nitrogens is 2. The maximum atomic E-state index is 13.2. The summed E-state index contributed by atoms with van der Waals surface area (Å²) in [6.45, 7) is 1.26. The lowest BCUT2D eigenvalue weighted by atomic mass is 9.96. The molecule has 1 saturated heterocycles. The van der Waals surface area contributed by atoms with Crippen LogP contribution in [-0.4, -0.2) is 33.9 Å². The number of amides is 1. The van der Waals surface area contributed by atoms with E-state index in [4.69, 9.17) is 0 Å². The number of rotatable bonds is 3. The molecule has 0 bridgehead atoms. The summed E-state index contributed by atoms with van der Waals surface area (Å²) < 4.78 is 26.4. The zero-order valence-electron chi connectivity index (χ0n) is 12.1. The van der Waals surface area contributed by atoms with Crippen molar-refractivity contribution in [3.63, 3.8) is 0 Å². The maximum absolute atomic E-state index is 13.2. The van der Waals surface area contributed by atoms with Crippen LogP contribution in [0.25, 0.3) is 0 Å². The minimum atomic E-state index is -0.657. The van der Waals surface area contributed by atoms with E-state index in [1.807, 2.05) is 0 Å². The predicted octanol–water partition coefficient (Wildman–Crippen LogP) is 2.64. The van der Waals surface area contributed by atoms with E-state index in [0.29, 0.717) is 18.7 Å². The molecule has 1 N–H and O–H groups in total. The van der Waals surface area contributed by atoms with Crippen molar-refractivity contribution in [3.05, 3.63) is 53.6 Å². The second-order valence-corrected chi connectivity index (χ2v) is 5.61. The third-order valence-corrected chi connectivity index (χ3v) is 3.96. The molecule has 1 aromatic carbocycles. The third kappa shape index (κ3) is 3.32. The number of hydrogen-bond acceptors (Lipinski definition) is 2. The lowest BCUT2D eigenvalue weighted by molar-refractivity contribution is -0.131. The summed E-state index contributed by atoms with van der Waals surface area (Å²) in [5.74, 6) is -0.350. The molecule has 2 heterocycles. The average Bonchev–Trinajstić information content (AvgIpc) is 3.00. The van der Waals surface area contributed by atoms with Crippen molar-refractivity contribution in [1.82, 2.24) is 14.9 Å². The predicted molar refractivity (Wildman–Crippen MR) is 77.2 cm³/mol. The first-order chi connectivity index (χ1) is 10.6. The number of aromatic amines is 1. The summed E-state index contributed by atoms with van der Waals surface area (Å²) in [6, 6.07) is 3.21. The topological polar surface area (TPSA) is 49.0 Å². The zero-order chi connectivity index (χ0) is 15.5. The number of carbonyl (C=O) groups excluding carboxylic acids is 1. The first kappa shape index (κ1) is 14.7. The Hall–Kier alpha value is -2.24. The molecule has 1 unspecified atom stereocenters. The van der Waals surface area contributed by atoms with Crippen LogP contribution in [0.15, 0.2) is 30.6 Å². The Bertz CT molecular complexity index is 637. The van der Waals surface area contributed by atoms with Gasteiger partial charge in [-0.05, 0) is 30.5 Å². The number of H-pyrrole nitrogens is 1. The number of piperidine rings is 1. The molecule has 1 fully saturated rings. The van der Waals surface area contributed by atoms with Gasteiger partial charge in [-0.3, -0.25) is 4.79 Å². The van der Waals surface area contributed by atoms with Crippen molar-refractivity contribution in [2.75, 3.05) is 13.1 Å². The molecule has 1 aliphatic rings. The largest absolute Gasteiger partial charge is 0.348 e. The fourth-order valence-corrected chi connectivity index (χ4v) is 2.93. The Morgan fingerprint density at radius 2 is 2.09 bits per heavy atom. The van der Waals surface area contributed by atoms with E-state index in [1.165, 1.54) is 12.1 Å². The van der Waals surface area contributed by atoms with Crippen LogP contribution in [0, 0.1) is 11.6 Å². The van der Waals surface area contributed by atoms with Crippen LogP contribution in [-0.2, 0) is 11.2 Å². The van der Waals surface area contributed by atoms with E-state index in [9.17, 15) is 13.6 Å². The second-order valence-electron chi connectivity index (χ2n) is 5.61. The molecule has 116 valence electrons. The van der Waals surface area contributed by atoms with E-state index >= 15 is 0 Å². The fraction of sp³-hybridized carbons (Fsp3) is 0.375. The van der Waals surface area contributed by atoms with Crippen LogP contribution < -0.4 is 0 Å². The number of nitrogens with zero attached hydrogens (tertiary/aromatic N) is 2. The van der Waals surface area contributed by atoms with Gasteiger partial charge in [0.2, 0.25) is 5.91 Å². The number of imidazole rings is 1. The van der Waals surface area contributed by atoms with E-state index in [0.717, 1.165) is 24.7 Å². The van der Waals surface area contributed by atoms with Crippen LogP contribution in [0.1, 0.15) is 30.1 Å². The van der Waals surface area contributed by atoms with Gasteiger partial charge in [-0.25, -0.2) is 13.8 Å². The number of nitrogens with one attached hydrogen (secondary N) is 1. The van der Waals surface area contributed by atoms with E-state index in [-0.39, 0.29) is 18.2 Å². The third-order valence-electron chi connectivity index (χ3n) is 3.96. The van der Waals surface area contributed by atoms with Gasteiger partial charge in [-0.2, -0.15) is 0 Å². The maximum Gasteiger partial charge on any atom is 0.227 e. The summed E-state index contributed by atoms with van der Waals surface area (Å²) in [5.41, 5.74) is 0.364. The van der Waals surface area contributed by atoms with Gasteiger partial charge < -0.3 is 9.88 Å². The molecule has 3 rings (SSSR count). The number of likely N-dealkylation sites (tertiary alicyclic amines) is 1. The molecule has 0 spiro atoms. The van der Waals surface area contributed by atoms with E-state index in [2.05, 4.69) is 9.97 Å². The number of benzene rings is 1. The number of halogens is 2. The minimum absolute atomic E-state index is 0.0134. The highest BCUT2D eigenvalue weighted by molar-refractivity contribution is 5.79. The Balaban J connectivity index is 1.66. The van der Waals surface area contributed by atoms with Crippen LogP contribution in [0.2, 0.25) is 0 Å². The molecular weight excluding hydrogens is 288 g/mol. The molecule has 0 radical (unpaired) electrons. The quantitative estimate of drug-likeness (QED) is 0.947. The normalized spacial score (nSPS) is 18.5. The summed E-state index contributed by atoms with van der Waals surface area (Å²) in [6.07, 6.45) is 5.36. The van der Waals surface area contributed by atoms with Gasteiger partial charge >= 0.3 is 0 Å². The van der Waals surface area contributed by atoms with Gasteiger partial charge in [-0.15, -0.1) is 0 Å². The first-order valence-corrected chi connectivity index (χ1v) is 7.34. The molecule has 1 aromatic heterocycles. The standard InChI is InChI=1S/C16H17F2N3O/c17-13-6-11(7-14(18)9-13)8-15(22)21-5-1-2-12(10-21)16-19-3-4-20-16/h3-4,6-7,9,12H,1-2,5,8,10H2,(H,19,20). The van der Waals surface area contributed by atoms with Gasteiger partial charge in [0.05, 0.1) is 6.42 Å². The average molecular weight is 305 g/mol. The van der Waals surface area contributed by atoms with E-state index in [1.54, 1.807) is 17.3 Å². The number of carbonyl (C=O) groups is 1. The Morgan fingerprint density at radius 3 is 2.77 bits per heavy atom. The summed E-state index contributed by atoms with van der Waals surface area (Å²) in [5, 5.41) is 0. The van der Waals surface area contributed by atoms with Crippen molar-refractivity contribution in [2.45, 2.75) is 25.2 Å². The highest BCUT2D eigenvalue weighted by Gasteiger charge is 2.26. The summed E-state index contributed by atoms with van der Waals surface area (Å²) in [7, 11) is 0. The Labute approximate surface area is 127 Å². The lowest BCUT2D eigenvalue weighted by Crippen LogP contribution is -2.40. The van der Waals surface area contributed by atoms with Crippen molar-refractivity contribution < 1.29 is 13.6 Å². The van der Waals surface area contributed by atoms with Crippen LogP contribution >= 0.6 is 0 Å². The van der Waals surface area contributed by atoms with Gasteiger partial charge in [0, 0.05) is 37.5 Å². The second kappa shape index (κ2) is 6.25. The van der Waals surface area contributed by atoms with Gasteiger partial charge in [0.15, 0.2) is 0 Å². The molecule has 22 heavy (non-hydrogen) atoms. The highest BCUT2D eigenvalue weighted by atomic mass is 19.1. The molecule has 0 saturated carbocycles. The van der Waals surface area contributed by atoms with E-state index < -0.39 is 11.6 Å². The van der Waals surface area contributed by atoms with Crippen molar-refractivity contribution in [1.29, 1.82) is 0 Å². The summed E-state index contributed by atoms with van der Waals surface area (Å²) in [4.78, 5) is 21.4. The SMILES string of the molecule is O=C(Cc1cc(F)cc(F)c1)N1CCCC(c2ncc[nH]2)C1. The van der Waals surface area contributed by atoms with Crippen LogP contribution in [0.5, 0.6) is 0 Å². The van der Waals surface area contributed by atoms with Crippen molar-refractivity contribution in [2.24, 2.45) is 0 Å². The number of hydrogen-bond donors (Lipinski definition) is 1. The highest BCUT2D eigenvalue weighted by Crippen LogP contribution is 2.24. The van der Waals surface area contributed by atoms with Gasteiger partial charge in [-0.1, -0.05) is 0 Å². The molecule has 2 aromatic rings. The molecule has 1 atom stereocenters. The first-order valence-electron chi connectivity index (χ1n) is 7.34. The van der Waals surface area contributed by atoms with Crippen LogP contribution in [0.4, 0.5) is 8.78 Å². The monoisotopic (exact) mass is 305 g/mol.